The molecule has 1 amide bonds. The summed E-state index contributed by atoms with van der Waals surface area (Å²) >= 11 is 0. The molecule has 1 N–H and O–H groups in total. The molecule has 2 rings (SSSR count). The molecule has 0 heterocycles. The average molecular weight is 328 g/mol. The Morgan fingerprint density at radius 2 is 1.75 bits per heavy atom. The van der Waals surface area contributed by atoms with Gasteiger partial charge in [-0.05, 0) is 29.3 Å². The van der Waals surface area contributed by atoms with Crippen LogP contribution in [-0.2, 0) is 9.53 Å². The summed E-state index contributed by atoms with van der Waals surface area (Å²) in [5.74, 6) is 0.870. The standard InChI is InChI=1S/C18H20N2O4/c1-22-15-10-9-13(11-16(15)23-2)12-19-20-18(21)17(24-3)14-7-5-4-6-8-14/h4-12,17H,1-3H3,(H,20,21)/b19-12-/t17-/m1/s1. The van der Waals surface area contributed by atoms with Crippen LogP contribution in [0.2, 0.25) is 0 Å². The van der Waals surface area contributed by atoms with Crippen molar-refractivity contribution in [1.82, 2.24) is 5.43 Å². The van der Waals surface area contributed by atoms with Crippen LogP contribution >= 0.6 is 0 Å². The number of hydrogen-bond donors (Lipinski definition) is 1. The van der Waals surface area contributed by atoms with Crippen LogP contribution in [0, 0.1) is 0 Å². The molecule has 0 saturated heterocycles. The maximum atomic E-state index is 12.2. The quantitative estimate of drug-likeness (QED) is 0.626. The Bertz CT molecular complexity index is 701. The molecule has 6 nitrogen and oxygen atoms in total. The summed E-state index contributed by atoms with van der Waals surface area (Å²) < 4.78 is 15.6. The molecule has 6 heteroatoms. The lowest BCUT2D eigenvalue weighted by Crippen LogP contribution is -2.26. The Labute approximate surface area is 141 Å². The van der Waals surface area contributed by atoms with Gasteiger partial charge in [-0.15, -0.1) is 0 Å². The smallest absolute Gasteiger partial charge is 0.273 e. The molecular formula is C18H20N2O4. The van der Waals surface area contributed by atoms with E-state index in [1.54, 1.807) is 26.4 Å². The largest absolute Gasteiger partial charge is 0.493 e. The van der Waals surface area contributed by atoms with Crippen molar-refractivity contribution in [2.45, 2.75) is 6.10 Å². The molecule has 0 aliphatic rings. The molecule has 0 unspecified atom stereocenters. The predicted molar refractivity (Wildman–Crippen MR) is 91.5 cm³/mol. The number of nitrogens with one attached hydrogen (secondary N) is 1. The van der Waals surface area contributed by atoms with Gasteiger partial charge in [0.25, 0.3) is 5.91 Å². The molecular weight excluding hydrogens is 308 g/mol. The highest BCUT2D eigenvalue weighted by molar-refractivity contribution is 5.85. The molecule has 1 atom stereocenters. The lowest BCUT2D eigenvalue weighted by Gasteiger charge is -2.13. The van der Waals surface area contributed by atoms with E-state index in [9.17, 15) is 4.79 Å². The number of rotatable bonds is 7. The van der Waals surface area contributed by atoms with Crippen molar-refractivity contribution >= 4 is 12.1 Å². The first-order valence-electron chi connectivity index (χ1n) is 7.32. The number of amides is 1. The third-order valence-corrected chi connectivity index (χ3v) is 3.37. The summed E-state index contributed by atoms with van der Waals surface area (Å²) in [4.78, 5) is 12.2. The van der Waals surface area contributed by atoms with Crippen LogP contribution in [-0.4, -0.2) is 33.5 Å². The van der Waals surface area contributed by atoms with E-state index in [1.165, 1.54) is 13.3 Å². The minimum absolute atomic E-state index is 0.347. The number of nitrogens with zero attached hydrogens (tertiary/aromatic N) is 1. The highest BCUT2D eigenvalue weighted by Gasteiger charge is 2.19. The van der Waals surface area contributed by atoms with E-state index >= 15 is 0 Å². The van der Waals surface area contributed by atoms with Gasteiger partial charge in [-0.1, -0.05) is 30.3 Å². The molecule has 24 heavy (non-hydrogen) atoms. The van der Waals surface area contributed by atoms with Crippen LogP contribution in [0.4, 0.5) is 0 Å². The molecule has 126 valence electrons. The minimum Gasteiger partial charge on any atom is -0.493 e. The zero-order valence-corrected chi connectivity index (χ0v) is 13.9. The summed E-state index contributed by atoms with van der Waals surface area (Å²) in [6, 6.07) is 14.6. The van der Waals surface area contributed by atoms with Crippen LogP contribution in [0.25, 0.3) is 0 Å². The summed E-state index contributed by atoms with van der Waals surface area (Å²) in [6.45, 7) is 0. The first-order valence-corrected chi connectivity index (χ1v) is 7.32. The van der Waals surface area contributed by atoms with E-state index < -0.39 is 6.10 Å². The Balaban J connectivity index is 2.04. The Morgan fingerprint density at radius 1 is 1.04 bits per heavy atom. The van der Waals surface area contributed by atoms with E-state index in [0.29, 0.717) is 11.5 Å². The lowest BCUT2D eigenvalue weighted by atomic mass is 10.1. The van der Waals surface area contributed by atoms with Gasteiger partial charge < -0.3 is 14.2 Å². The normalized spacial score (nSPS) is 12.0. The first-order chi connectivity index (χ1) is 11.7. The van der Waals surface area contributed by atoms with Gasteiger partial charge in [0.2, 0.25) is 0 Å². The minimum atomic E-state index is -0.714. The van der Waals surface area contributed by atoms with E-state index in [-0.39, 0.29) is 5.91 Å². The maximum Gasteiger partial charge on any atom is 0.273 e. The highest BCUT2D eigenvalue weighted by atomic mass is 16.5. The molecule has 0 saturated carbocycles. The third kappa shape index (κ3) is 4.33. The SMILES string of the molecule is COc1ccc(/C=N\NC(=O)[C@H](OC)c2ccccc2)cc1OC. The Hall–Kier alpha value is -2.86. The molecule has 0 spiro atoms. The number of ether oxygens (including phenoxy) is 3. The number of hydrogen-bond acceptors (Lipinski definition) is 5. The monoisotopic (exact) mass is 328 g/mol. The number of hydrazone groups is 1. The summed E-state index contributed by atoms with van der Waals surface area (Å²) in [5, 5.41) is 3.97. The summed E-state index contributed by atoms with van der Waals surface area (Å²) in [5.41, 5.74) is 4.01. The van der Waals surface area contributed by atoms with E-state index in [4.69, 9.17) is 14.2 Å². The predicted octanol–water partition coefficient (Wildman–Crippen LogP) is 2.54. The third-order valence-electron chi connectivity index (χ3n) is 3.37. The van der Waals surface area contributed by atoms with Gasteiger partial charge in [-0.25, -0.2) is 5.43 Å². The molecule has 0 aliphatic carbocycles. The zero-order chi connectivity index (χ0) is 17.4. The topological polar surface area (TPSA) is 69.2 Å². The van der Waals surface area contributed by atoms with E-state index in [1.807, 2.05) is 36.4 Å². The summed E-state index contributed by atoms with van der Waals surface area (Å²) in [7, 11) is 4.61. The van der Waals surface area contributed by atoms with Crippen LogP contribution in [0.15, 0.2) is 53.6 Å². The molecule has 0 fully saturated rings. The van der Waals surface area contributed by atoms with Crippen molar-refractivity contribution in [1.29, 1.82) is 0 Å². The first kappa shape index (κ1) is 17.5. The van der Waals surface area contributed by atoms with Crippen molar-refractivity contribution in [2.75, 3.05) is 21.3 Å². The fourth-order valence-electron chi connectivity index (χ4n) is 2.18. The van der Waals surface area contributed by atoms with Gasteiger partial charge in [-0.3, -0.25) is 4.79 Å². The number of methoxy groups -OCH3 is 3. The Morgan fingerprint density at radius 3 is 2.38 bits per heavy atom. The van der Waals surface area contributed by atoms with E-state index in [2.05, 4.69) is 10.5 Å². The zero-order valence-electron chi connectivity index (χ0n) is 13.9. The van der Waals surface area contributed by atoms with E-state index in [0.717, 1.165) is 11.1 Å². The average Bonchev–Trinajstić information content (AvgIpc) is 2.63. The highest BCUT2D eigenvalue weighted by Crippen LogP contribution is 2.26. The molecule has 0 aliphatic heterocycles. The number of carbonyl (C=O) groups excluding carboxylic acids is 1. The van der Waals surface area contributed by atoms with Gasteiger partial charge in [0, 0.05) is 7.11 Å². The maximum absolute atomic E-state index is 12.2. The van der Waals surface area contributed by atoms with Crippen LogP contribution in [0.3, 0.4) is 0 Å². The second kappa shape index (κ2) is 8.69. The number of benzene rings is 2. The second-order valence-electron chi connectivity index (χ2n) is 4.88. The van der Waals surface area contributed by atoms with Gasteiger partial charge in [0.05, 0.1) is 20.4 Å². The fraction of sp³-hybridized carbons (Fsp3) is 0.222. The lowest BCUT2D eigenvalue weighted by molar-refractivity contribution is -0.131. The van der Waals surface area contributed by atoms with Crippen molar-refractivity contribution in [2.24, 2.45) is 5.10 Å². The Kier molecular flexibility index (Phi) is 6.33. The van der Waals surface area contributed by atoms with Crippen LogP contribution in [0.5, 0.6) is 11.5 Å². The molecule has 0 radical (unpaired) electrons. The van der Waals surface area contributed by atoms with Crippen molar-refractivity contribution < 1.29 is 19.0 Å². The van der Waals surface area contributed by atoms with Gasteiger partial charge in [0.1, 0.15) is 0 Å². The molecule has 2 aromatic rings. The van der Waals surface area contributed by atoms with Crippen LogP contribution < -0.4 is 14.9 Å². The van der Waals surface area contributed by atoms with Crippen LogP contribution in [0.1, 0.15) is 17.2 Å². The molecule has 0 bridgehead atoms. The van der Waals surface area contributed by atoms with Gasteiger partial charge in [0.15, 0.2) is 17.6 Å². The van der Waals surface area contributed by atoms with Gasteiger partial charge >= 0.3 is 0 Å². The number of carbonyl (C=O) groups is 1. The second-order valence-corrected chi connectivity index (χ2v) is 4.88. The fourth-order valence-corrected chi connectivity index (χ4v) is 2.18. The van der Waals surface area contributed by atoms with Crippen molar-refractivity contribution in [3.8, 4) is 11.5 Å². The summed E-state index contributed by atoms with van der Waals surface area (Å²) in [6.07, 6.45) is 0.811. The molecule has 0 aromatic heterocycles. The van der Waals surface area contributed by atoms with Crippen molar-refractivity contribution in [3.05, 3.63) is 59.7 Å². The molecule has 2 aromatic carbocycles. The van der Waals surface area contributed by atoms with Gasteiger partial charge in [-0.2, -0.15) is 5.10 Å². The van der Waals surface area contributed by atoms with Crippen molar-refractivity contribution in [3.63, 3.8) is 0 Å².